The minimum atomic E-state index is -0.320. The van der Waals surface area contributed by atoms with Crippen molar-refractivity contribution in [1.82, 2.24) is 15.5 Å². The van der Waals surface area contributed by atoms with E-state index in [-0.39, 0.29) is 18.3 Å². The molecule has 0 saturated carbocycles. The number of carbonyl (C=O) groups is 1. The number of halogens is 1. The van der Waals surface area contributed by atoms with Gasteiger partial charge in [0.1, 0.15) is 5.82 Å². The number of aryl methyl sites for hydroxylation is 1. The summed E-state index contributed by atoms with van der Waals surface area (Å²) < 4.78 is 13.5. The van der Waals surface area contributed by atoms with Crippen molar-refractivity contribution < 1.29 is 9.18 Å². The van der Waals surface area contributed by atoms with Crippen LogP contribution in [0.25, 0.3) is 10.9 Å². The molecule has 2 N–H and O–H groups in total. The Morgan fingerprint density at radius 3 is 2.70 bits per heavy atom. The van der Waals surface area contributed by atoms with Gasteiger partial charge < -0.3 is 5.32 Å². The summed E-state index contributed by atoms with van der Waals surface area (Å²) in [6.45, 7) is 6.06. The fourth-order valence-corrected chi connectivity index (χ4v) is 2.20. The van der Waals surface area contributed by atoms with Crippen LogP contribution in [0.5, 0.6) is 0 Å². The number of aromatic nitrogens is 2. The Bertz CT molecular complexity index is 811. The summed E-state index contributed by atoms with van der Waals surface area (Å²) >= 11 is 0. The van der Waals surface area contributed by atoms with Gasteiger partial charge in [-0.3, -0.25) is 9.89 Å². The molecule has 1 amide bonds. The van der Waals surface area contributed by atoms with Gasteiger partial charge in [-0.1, -0.05) is 32.0 Å². The van der Waals surface area contributed by atoms with Gasteiger partial charge in [-0.15, -0.1) is 0 Å². The highest BCUT2D eigenvalue weighted by molar-refractivity contribution is 5.98. The van der Waals surface area contributed by atoms with E-state index in [9.17, 15) is 9.18 Å². The number of carbonyl (C=O) groups excluding carboxylic acids is 1. The number of fused-ring (bicyclic) bond motifs is 1. The summed E-state index contributed by atoms with van der Waals surface area (Å²) in [5.41, 5.74) is 2.72. The van der Waals surface area contributed by atoms with E-state index < -0.39 is 0 Å². The second-order valence-corrected chi connectivity index (χ2v) is 4.85. The van der Waals surface area contributed by atoms with E-state index in [1.54, 1.807) is 36.4 Å². The van der Waals surface area contributed by atoms with Crippen LogP contribution >= 0.6 is 0 Å². The molecular weight excluding hydrogens is 293 g/mol. The van der Waals surface area contributed by atoms with Crippen LogP contribution in [-0.2, 0) is 6.54 Å². The quantitative estimate of drug-likeness (QED) is 0.769. The molecule has 23 heavy (non-hydrogen) atoms. The first kappa shape index (κ1) is 16.7. The molecule has 0 unspecified atom stereocenters. The van der Waals surface area contributed by atoms with Crippen LogP contribution in [0.15, 0.2) is 42.5 Å². The molecular formula is C18H20FN3O. The van der Waals surface area contributed by atoms with Gasteiger partial charge in [0, 0.05) is 28.8 Å². The van der Waals surface area contributed by atoms with Crippen LogP contribution < -0.4 is 5.32 Å². The summed E-state index contributed by atoms with van der Waals surface area (Å²) in [5.74, 6) is -0.556. The highest BCUT2D eigenvalue weighted by atomic mass is 19.1. The lowest BCUT2D eigenvalue weighted by atomic mass is 10.1. The molecule has 1 aromatic heterocycles. The SMILES string of the molecule is CC.Cc1[nH]nc2ccc(C(=O)NCc3ccccc3F)cc12. The van der Waals surface area contributed by atoms with E-state index in [0.29, 0.717) is 11.1 Å². The van der Waals surface area contributed by atoms with Gasteiger partial charge in [-0.25, -0.2) is 4.39 Å². The van der Waals surface area contributed by atoms with Gasteiger partial charge in [-0.2, -0.15) is 5.10 Å². The molecule has 0 spiro atoms. The minimum absolute atomic E-state index is 0.161. The Morgan fingerprint density at radius 1 is 1.22 bits per heavy atom. The fraction of sp³-hybridized carbons (Fsp3) is 0.222. The van der Waals surface area contributed by atoms with E-state index in [1.807, 2.05) is 20.8 Å². The van der Waals surface area contributed by atoms with E-state index in [1.165, 1.54) is 6.07 Å². The molecule has 2 aromatic carbocycles. The number of benzene rings is 2. The zero-order valence-corrected chi connectivity index (χ0v) is 13.5. The number of nitrogens with zero attached hydrogens (tertiary/aromatic N) is 1. The standard InChI is InChI=1S/C16H14FN3O.C2H6/c1-10-13-8-11(6-7-15(13)20-19-10)16(21)18-9-12-4-2-3-5-14(12)17;1-2/h2-8H,9H2,1H3,(H,18,21)(H,19,20);1-2H3. The average Bonchev–Trinajstić information content (AvgIpc) is 2.96. The van der Waals surface area contributed by atoms with Gasteiger partial charge in [0.2, 0.25) is 0 Å². The summed E-state index contributed by atoms with van der Waals surface area (Å²) in [6.07, 6.45) is 0. The van der Waals surface area contributed by atoms with Crippen molar-refractivity contribution in [2.24, 2.45) is 0 Å². The summed E-state index contributed by atoms with van der Waals surface area (Å²) in [4.78, 5) is 12.1. The monoisotopic (exact) mass is 313 g/mol. The zero-order valence-electron chi connectivity index (χ0n) is 13.5. The van der Waals surface area contributed by atoms with Crippen LogP contribution in [0, 0.1) is 12.7 Å². The predicted octanol–water partition coefficient (Wildman–Crippen LogP) is 3.97. The van der Waals surface area contributed by atoms with E-state index in [4.69, 9.17) is 0 Å². The van der Waals surface area contributed by atoms with Gasteiger partial charge in [0.25, 0.3) is 5.91 Å². The molecule has 120 valence electrons. The van der Waals surface area contributed by atoms with E-state index >= 15 is 0 Å². The third-order valence-corrected chi connectivity index (χ3v) is 3.40. The Labute approximate surface area is 134 Å². The number of hydrogen-bond donors (Lipinski definition) is 2. The van der Waals surface area contributed by atoms with Crippen molar-refractivity contribution in [3.8, 4) is 0 Å². The van der Waals surface area contributed by atoms with Crippen molar-refractivity contribution in [2.75, 3.05) is 0 Å². The Morgan fingerprint density at radius 2 is 1.96 bits per heavy atom. The molecule has 4 nitrogen and oxygen atoms in total. The Balaban J connectivity index is 0.000000924. The largest absolute Gasteiger partial charge is 0.348 e. The molecule has 5 heteroatoms. The van der Waals surface area contributed by atoms with Gasteiger partial charge in [0.15, 0.2) is 0 Å². The van der Waals surface area contributed by atoms with Gasteiger partial charge in [-0.05, 0) is 31.2 Å². The highest BCUT2D eigenvalue weighted by Gasteiger charge is 2.09. The molecule has 0 saturated heterocycles. The maximum Gasteiger partial charge on any atom is 0.251 e. The molecule has 0 aliphatic carbocycles. The molecule has 1 heterocycles. The number of aromatic amines is 1. The predicted molar refractivity (Wildman–Crippen MR) is 89.7 cm³/mol. The molecule has 3 rings (SSSR count). The first-order chi connectivity index (χ1) is 11.1. The van der Waals surface area contributed by atoms with Crippen molar-refractivity contribution in [3.63, 3.8) is 0 Å². The second kappa shape index (κ2) is 7.54. The van der Waals surface area contributed by atoms with Crippen molar-refractivity contribution >= 4 is 16.8 Å². The normalized spacial score (nSPS) is 10.1. The van der Waals surface area contributed by atoms with Crippen molar-refractivity contribution in [1.29, 1.82) is 0 Å². The van der Waals surface area contributed by atoms with Crippen LogP contribution in [0.2, 0.25) is 0 Å². The number of amides is 1. The lowest BCUT2D eigenvalue weighted by Crippen LogP contribution is -2.23. The van der Waals surface area contributed by atoms with Gasteiger partial charge in [0.05, 0.1) is 5.52 Å². The molecule has 0 fully saturated rings. The average molecular weight is 313 g/mol. The number of rotatable bonds is 3. The smallest absolute Gasteiger partial charge is 0.251 e. The van der Waals surface area contributed by atoms with E-state index in [0.717, 1.165) is 16.6 Å². The molecule has 0 radical (unpaired) electrons. The second-order valence-electron chi connectivity index (χ2n) is 4.85. The number of nitrogens with one attached hydrogen (secondary N) is 2. The summed E-state index contributed by atoms with van der Waals surface area (Å²) in [7, 11) is 0. The minimum Gasteiger partial charge on any atom is -0.348 e. The lowest BCUT2D eigenvalue weighted by molar-refractivity contribution is 0.0950. The molecule has 0 atom stereocenters. The summed E-state index contributed by atoms with van der Waals surface area (Å²) in [6, 6.07) is 11.7. The molecule has 0 bridgehead atoms. The first-order valence-electron chi connectivity index (χ1n) is 7.61. The lowest BCUT2D eigenvalue weighted by Gasteiger charge is -2.06. The van der Waals surface area contributed by atoms with Crippen molar-refractivity contribution in [2.45, 2.75) is 27.3 Å². The third kappa shape index (κ3) is 3.74. The Kier molecular flexibility index (Phi) is 5.46. The fourth-order valence-electron chi connectivity index (χ4n) is 2.20. The maximum atomic E-state index is 13.5. The zero-order chi connectivity index (χ0) is 16.8. The van der Waals surface area contributed by atoms with Crippen LogP contribution in [0.1, 0.15) is 35.5 Å². The van der Waals surface area contributed by atoms with Crippen LogP contribution in [-0.4, -0.2) is 16.1 Å². The van der Waals surface area contributed by atoms with Crippen LogP contribution in [0.3, 0.4) is 0 Å². The number of H-pyrrole nitrogens is 1. The molecule has 3 aromatic rings. The Hall–Kier alpha value is -2.69. The van der Waals surface area contributed by atoms with Crippen molar-refractivity contribution in [3.05, 3.63) is 65.1 Å². The van der Waals surface area contributed by atoms with E-state index in [2.05, 4.69) is 15.5 Å². The van der Waals surface area contributed by atoms with Gasteiger partial charge >= 0.3 is 0 Å². The molecule has 0 aliphatic rings. The topological polar surface area (TPSA) is 57.8 Å². The number of hydrogen-bond acceptors (Lipinski definition) is 2. The summed E-state index contributed by atoms with van der Waals surface area (Å²) in [5, 5.41) is 10.6. The first-order valence-corrected chi connectivity index (χ1v) is 7.61. The maximum absolute atomic E-state index is 13.5. The third-order valence-electron chi connectivity index (χ3n) is 3.40. The highest BCUT2D eigenvalue weighted by Crippen LogP contribution is 2.17. The molecule has 0 aliphatic heterocycles. The van der Waals surface area contributed by atoms with Crippen LogP contribution in [0.4, 0.5) is 4.39 Å².